The molecule has 1 aliphatic rings. The van der Waals surface area contributed by atoms with E-state index in [-0.39, 0.29) is 24.4 Å². The molecule has 1 N–H and O–H groups in total. The zero-order chi connectivity index (χ0) is 27.4. The minimum Gasteiger partial charge on any atom is -0.493 e. The summed E-state index contributed by atoms with van der Waals surface area (Å²) in [6.45, 7) is 2.91. The van der Waals surface area contributed by atoms with Crippen LogP contribution < -0.4 is 9.47 Å². The molecule has 7 nitrogen and oxygen atoms in total. The maximum atomic E-state index is 13.9. The summed E-state index contributed by atoms with van der Waals surface area (Å²) in [7, 11) is 3.21. The second kappa shape index (κ2) is 11.6. The van der Waals surface area contributed by atoms with E-state index in [9.17, 15) is 9.59 Å². The number of amides is 2. The number of H-pyrrole nitrogens is 1. The van der Waals surface area contributed by atoms with Crippen LogP contribution in [-0.4, -0.2) is 59.9 Å². The van der Waals surface area contributed by atoms with Gasteiger partial charge in [-0.3, -0.25) is 9.59 Å². The highest BCUT2D eigenvalue weighted by molar-refractivity contribution is 5.98. The van der Waals surface area contributed by atoms with Crippen LogP contribution >= 0.6 is 0 Å². The Labute approximate surface area is 229 Å². The van der Waals surface area contributed by atoms with E-state index in [1.165, 1.54) is 0 Å². The molecule has 1 aromatic heterocycles. The number of ether oxygens (including phenoxy) is 2. The van der Waals surface area contributed by atoms with Crippen LogP contribution in [0.15, 0.2) is 72.9 Å². The molecule has 1 fully saturated rings. The van der Waals surface area contributed by atoms with E-state index in [1.54, 1.807) is 19.1 Å². The number of rotatable bonds is 11. The highest BCUT2D eigenvalue weighted by atomic mass is 16.5. The van der Waals surface area contributed by atoms with Crippen LogP contribution in [-0.2, 0) is 17.8 Å². The molecule has 0 aliphatic heterocycles. The number of nitrogens with zero attached hydrogens (tertiary/aromatic N) is 2. The Hall–Kier alpha value is -4.26. The van der Waals surface area contributed by atoms with Crippen molar-refractivity contribution in [1.29, 1.82) is 0 Å². The number of aromatic amines is 1. The van der Waals surface area contributed by atoms with Crippen molar-refractivity contribution in [3.05, 3.63) is 95.2 Å². The lowest BCUT2D eigenvalue weighted by atomic mass is 10.1. The normalized spacial score (nSPS) is 12.8. The van der Waals surface area contributed by atoms with Crippen LogP contribution in [0.1, 0.15) is 39.9 Å². The van der Waals surface area contributed by atoms with Gasteiger partial charge in [0.2, 0.25) is 5.91 Å². The molecule has 4 aromatic rings. The molecule has 39 heavy (non-hydrogen) atoms. The Kier molecular flexibility index (Phi) is 7.87. The number of benzene rings is 3. The number of hydrogen-bond donors (Lipinski definition) is 1. The molecule has 1 heterocycles. The highest BCUT2D eigenvalue weighted by Gasteiger charge is 2.35. The zero-order valence-corrected chi connectivity index (χ0v) is 22.8. The fourth-order valence-corrected chi connectivity index (χ4v) is 5.05. The van der Waals surface area contributed by atoms with Crippen molar-refractivity contribution in [3.63, 3.8) is 0 Å². The van der Waals surface area contributed by atoms with Gasteiger partial charge in [0.15, 0.2) is 11.5 Å². The van der Waals surface area contributed by atoms with Crippen LogP contribution in [0.5, 0.6) is 11.5 Å². The third-order valence-corrected chi connectivity index (χ3v) is 7.43. The van der Waals surface area contributed by atoms with Crippen molar-refractivity contribution in [1.82, 2.24) is 14.8 Å². The van der Waals surface area contributed by atoms with Crippen molar-refractivity contribution < 1.29 is 19.1 Å². The van der Waals surface area contributed by atoms with E-state index in [0.29, 0.717) is 36.6 Å². The number of nitrogens with one attached hydrogen (secondary N) is 1. The SMILES string of the molecule is COc1ccc(CN(CCc2c[nH]c3ccccc23)C(=O)CN(C(=O)c2ccccc2C)C2CC2)cc1OC. The van der Waals surface area contributed by atoms with E-state index in [1.807, 2.05) is 72.6 Å². The van der Waals surface area contributed by atoms with Gasteiger partial charge in [0.25, 0.3) is 5.91 Å². The van der Waals surface area contributed by atoms with Crippen LogP contribution in [0.3, 0.4) is 0 Å². The summed E-state index contributed by atoms with van der Waals surface area (Å²) in [6.07, 6.45) is 4.56. The first-order valence-electron chi connectivity index (χ1n) is 13.4. The Morgan fingerprint density at radius 1 is 0.949 bits per heavy atom. The predicted molar refractivity (Wildman–Crippen MR) is 152 cm³/mol. The van der Waals surface area contributed by atoms with Crippen LogP contribution in [0, 0.1) is 6.92 Å². The van der Waals surface area contributed by atoms with Crippen LogP contribution in [0.2, 0.25) is 0 Å². The summed E-state index contributed by atoms with van der Waals surface area (Å²) in [5.74, 6) is 1.11. The van der Waals surface area contributed by atoms with Crippen molar-refractivity contribution >= 4 is 22.7 Å². The van der Waals surface area contributed by atoms with E-state index < -0.39 is 0 Å². The third kappa shape index (κ3) is 5.93. The first-order chi connectivity index (χ1) is 19.0. The molecule has 0 saturated heterocycles. The molecular formula is C32H35N3O4. The molecule has 0 spiro atoms. The number of carbonyl (C=O) groups excluding carboxylic acids is 2. The summed E-state index contributed by atoms with van der Waals surface area (Å²) >= 11 is 0. The van der Waals surface area contributed by atoms with Gasteiger partial charge >= 0.3 is 0 Å². The van der Waals surface area contributed by atoms with Gasteiger partial charge in [-0.05, 0) is 67.1 Å². The molecule has 1 saturated carbocycles. The topological polar surface area (TPSA) is 74.9 Å². The first kappa shape index (κ1) is 26.4. The molecule has 202 valence electrons. The van der Waals surface area contributed by atoms with E-state index >= 15 is 0 Å². The summed E-state index contributed by atoms with van der Waals surface area (Å²) in [5, 5.41) is 1.16. The molecule has 7 heteroatoms. The Balaban J connectivity index is 1.39. The lowest BCUT2D eigenvalue weighted by Gasteiger charge is -2.28. The van der Waals surface area contributed by atoms with Gasteiger partial charge in [0.1, 0.15) is 6.54 Å². The average Bonchev–Trinajstić information content (AvgIpc) is 3.72. The van der Waals surface area contributed by atoms with Gasteiger partial charge in [0.05, 0.1) is 14.2 Å². The van der Waals surface area contributed by atoms with E-state index in [2.05, 4.69) is 17.1 Å². The fraction of sp³-hybridized carbons (Fsp3) is 0.312. The number of methoxy groups -OCH3 is 2. The maximum Gasteiger partial charge on any atom is 0.254 e. The summed E-state index contributed by atoms with van der Waals surface area (Å²) < 4.78 is 10.9. The molecule has 0 radical (unpaired) electrons. The Morgan fingerprint density at radius 2 is 1.69 bits per heavy atom. The lowest BCUT2D eigenvalue weighted by molar-refractivity contribution is -0.132. The number of aromatic nitrogens is 1. The highest BCUT2D eigenvalue weighted by Crippen LogP contribution is 2.30. The van der Waals surface area contributed by atoms with Crippen molar-refractivity contribution in [2.75, 3.05) is 27.3 Å². The smallest absolute Gasteiger partial charge is 0.254 e. The van der Waals surface area contributed by atoms with Gasteiger partial charge in [-0.2, -0.15) is 0 Å². The van der Waals surface area contributed by atoms with Gasteiger partial charge in [-0.1, -0.05) is 42.5 Å². The number of para-hydroxylation sites is 1. The van der Waals surface area contributed by atoms with Gasteiger partial charge in [-0.25, -0.2) is 0 Å². The molecular weight excluding hydrogens is 490 g/mol. The van der Waals surface area contributed by atoms with Gasteiger partial charge < -0.3 is 24.3 Å². The second-order valence-corrected chi connectivity index (χ2v) is 10.1. The molecule has 3 aromatic carbocycles. The Bertz CT molecular complexity index is 1470. The zero-order valence-electron chi connectivity index (χ0n) is 22.8. The average molecular weight is 526 g/mol. The molecule has 0 bridgehead atoms. The monoisotopic (exact) mass is 525 g/mol. The van der Waals surface area contributed by atoms with Gasteiger partial charge in [-0.15, -0.1) is 0 Å². The number of aryl methyl sites for hydroxylation is 1. The number of fused-ring (bicyclic) bond motifs is 1. The van der Waals surface area contributed by atoms with E-state index in [4.69, 9.17) is 9.47 Å². The lowest BCUT2D eigenvalue weighted by Crippen LogP contribution is -2.44. The molecule has 1 aliphatic carbocycles. The van der Waals surface area contributed by atoms with Crippen LogP contribution in [0.25, 0.3) is 10.9 Å². The number of carbonyl (C=O) groups is 2. The first-order valence-corrected chi connectivity index (χ1v) is 13.4. The van der Waals surface area contributed by atoms with Crippen molar-refractivity contribution in [2.24, 2.45) is 0 Å². The third-order valence-electron chi connectivity index (χ3n) is 7.43. The van der Waals surface area contributed by atoms with Crippen LogP contribution in [0.4, 0.5) is 0 Å². The molecule has 2 amide bonds. The van der Waals surface area contributed by atoms with E-state index in [0.717, 1.165) is 40.4 Å². The second-order valence-electron chi connectivity index (χ2n) is 10.1. The minimum atomic E-state index is -0.0772. The van der Waals surface area contributed by atoms with Crippen molar-refractivity contribution in [2.45, 2.75) is 38.8 Å². The summed E-state index contributed by atoms with van der Waals surface area (Å²) in [6, 6.07) is 21.6. The summed E-state index contributed by atoms with van der Waals surface area (Å²) in [5.41, 5.74) is 4.74. The van der Waals surface area contributed by atoms with Crippen molar-refractivity contribution in [3.8, 4) is 11.5 Å². The minimum absolute atomic E-state index is 0.0546. The molecule has 0 atom stereocenters. The predicted octanol–water partition coefficient (Wildman–Crippen LogP) is 5.37. The molecule has 0 unspecified atom stereocenters. The maximum absolute atomic E-state index is 13.9. The summed E-state index contributed by atoms with van der Waals surface area (Å²) in [4.78, 5) is 34.3. The number of hydrogen-bond acceptors (Lipinski definition) is 4. The van der Waals surface area contributed by atoms with Gasteiger partial charge in [0, 0.05) is 41.8 Å². The largest absolute Gasteiger partial charge is 0.493 e. The quantitative estimate of drug-likeness (QED) is 0.286. The standard InChI is InChI=1S/C32H35N3O4/c1-22-8-4-5-9-26(22)32(37)35(25-13-14-25)21-31(36)34(20-23-12-15-29(38-2)30(18-23)39-3)17-16-24-19-33-28-11-7-6-10-27(24)28/h4-12,15,18-19,25,33H,13-14,16-17,20-21H2,1-3H3. The Morgan fingerprint density at radius 3 is 2.44 bits per heavy atom. The fourth-order valence-electron chi connectivity index (χ4n) is 5.05. The molecule has 5 rings (SSSR count).